The third kappa shape index (κ3) is 3.45. The van der Waals surface area contributed by atoms with Crippen LogP contribution < -0.4 is 5.32 Å². The van der Waals surface area contributed by atoms with Gasteiger partial charge in [0.05, 0.1) is 12.4 Å². The van der Waals surface area contributed by atoms with Crippen LogP contribution in [0, 0.1) is 0 Å². The van der Waals surface area contributed by atoms with Crippen LogP contribution in [0.2, 0.25) is 0 Å². The smallest absolute Gasteiger partial charge is 0.274 e. The fourth-order valence-corrected chi connectivity index (χ4v) is 2.34. The van der Waals surface area contributed by atoms with E-state index in [1.165, 1.54) is 6.20 Å². The number of hydrogen-bond acceptors (Lipinski definition) is 5. The number of anilines is 1. The zero-order valence-corrected chi connectivity index (χ0v) is 12.5. The molecule has 1 aromatic rings. The van der Waals surface area contributed by atoms with Crippen LogP contribution in [0.15, 0.2) is 12.4 Å². The Balaban J connectivity index is 2.00. The maximum absolute atomic E-state index is 12.4. The van der Waals surface area contributed by atoms with Gasteiger partial charge in [0.2, 0.25) is 0 Å². The molecule has 2 heterocycles. The predicted molar refractivity (Wildman–Crippen MR) is 78.8 cm³/mol. The topological polar surface area (TPSA) is 61.4 Å². The van der Waals surface area contributed by atoms with Gasteiger partial charge < -0.3 is 10.2 Å². The van der Waals surface area contributed by atoms with Crippen molar-refractivity contribution in [1.82, 2.24) is 19.8 Å². The van der Waals surface area contributed by atoms with E-state index in [9.17, 15) is 4.79 Å². The predicted octanol–water partition coefficient (Wildman–Crippen LogP) is 1.07. The maximum atomic E-state index is 12.4. The molecule has 6 heteroatoms. The van der Waals surface area contributed by atoms with Crippen molar-refractivity contribution in [3.05, 3.63) is 18.1 Å². The van der Waals surface area contributed by atoms with E-state index < -0.39 is 0 Å². The van der Waals surface area contributed by atoms with Gasteiger partial charge in [-0.3, -0.25) is 14.7 Å². The molecule has 0 unspecified atom stereocenters. The van der Waals surface area contributed by atoms with E-state index in [2.05, 4.69) is 34.0 Å². The lowest BCUT2D eigenvalue weighted by Gasteiger charge is -2.36. The zero-order valence-electron chi connectivity index (χ0n) is 12.5. The van der Waals surface area contributed by atoms with E-state index in [1.807, 2.05) is 11.8 Å². The molecule has 0 aliphatic carbocycles. The summed E-state index contributed by atoms with van der Waals surface area (Å²) in [6.45, 7) is 10.5. The Kier molecular flexibility index (Phi) is 4.89. The Hall–Kier alpha value is -1.69. The van der Waals surface area contributed by atoms with Crippen LogP contribution in [-0.4, -0.2) is 64.4 Å². The Bertz CT molecular complexity index is 455. The molecule has 0 bridgehead atoms. The summed E-state index contributed by atoms with van der Waals surface area (Å²) in [5.41, 5.74) is 0.418. The van der Waals surface area contributed by atoms with Crippen molar-refractivity contribution >= 4 is 11.7 Å². The molecule has 1 aromatic heterocycles. The van der Waals surface area contributed by atoms with E-state index in [-0.39, 0.29) is 5.91 Å². The first-order valence-corrected chi connectivity index (χ1v) is 7.21. The van der Waals surface area contributed by atoms with Crippen molar-refractivity contribution in [2.45, 2.75) is 26.8 Å². The lowest BCUT2D eigenvalue weighted by atomic mass is 10.2. The number of nitrogens with zero attached hydrogens (tertiary/aromatic N) is 4. The van der Waals surface area contributed by atoms with Gasteiger partial charge in [0.25, 0.3) is 5.91 Å². The van der Waals surface area contributed by atoms with E-state index in [4.69, 9.17) is 0 Å². The molecule has 1 saturated heterocycles. The van der Waals surface area contributed by atoms with Crippen molar-refractivity contribution in [2.24, 2.45) is 0 Å². The Morgan fingerprint density at radius 1 is 1.30 bits per heavy atom. The second-order valence-corrected chi connectivity index (χ2v) is 5.24. The molecule has 6 nitrogen and oxygen atoms in total. The number of amides is 1. The summed E-state index contributed by atoms with van der Waals surface area (Å²) < 4.78 is 0. The highest BCUT2D eigenvalue weighted by Gasteiger charge is 2.24. The summed E-state index contributed by atoms with van der Waals surface area (Å²) in [4.78, 5) is 25.0. The largest absolute Gasteiger partial charge is 0.369 e. The average molecular weight is 277 g/mol. The number of rotatable bonds is 4. The van der Waals surface area contributed by atoms with Crippen molar-refractivity contribution in [3.8, 4) is 0 Å². The standard InChI is InChI=1S/C14H23N5O/c1-4-16-13-10-15-9-12(17-13)14(20)19-7-5-18(6-8-19)11(2)3/h9-11H,4-8H2,1-3H3,(H,16,17). The average Bonchev–Trinajstić information content (AvgIpc) is 2.47. The number of piperazine rings is 1. The fourth-order valence-electron chi connectivity index (χ4n) is 2.34. The molecule has 110 valence electrons. The van der Waals surface area contributed by atoms with Gasteiger partial charge in [-0.1, -0.05) is 0 Å². The minimum atomic E-state index is -0.0272. The molecule has 0 saturated carbocycles. The van der Waals surface area contributed by atoms with Crippen LogP contribution in [0.25, 0.3) is 0 Å². The van der Waals surface area contributed by atoms with Gasteiger partial charge in [0, 0.05) is 38.8 Å². The first-order chi connectivity index (χ1) is 9.61. The Morgan fingerprint density at radius 2 is 2.00 bits per heavy atom. The normalized spacial score (nSPS) is 16.5. The summed E-state index contributed by atoms with van der Waals surface area (Å²) in [5.74, 6) is 0.625. The highest BCUT2D eigenvalue weighted by Crippen LogP contribution is 2.10. The van der Waals surface area contributed by atoms with Crippen LogP contribution in [0.5, 0.6) is 0 Å². The Labute approximate surface area is 120 Å². The third-order valence-electron chi connectivity index (χ3n) is 3.54. The summed E-state index contributed by atoms with van der Waals surface area (Å²) in [6.07, 6.45) is 3.18. The van der Waals surface area contributed by atoms with Gasteiger partial charge in [-0.2, -0.15) is 0 Å². The van der Waals surface area contributed by atoms with Crippen molar-refractivity contribution in [1.29, 1.82) is 0 Å². The van der Waals surface area contributed by atoms with Crippen molar-refractivity contribution < 1.29 is 4.79 Å². The molecule has 1 aliphatic rings. The molecule has 0 atom stereocenters. The maximum Gasteiger partial charge on any atom is 0.274 e. The summed E-state index contributed by atoms with van der Waals surface area (Å²) in [6, 6.07) is 0.532. The SMILES string of the molecule is CCNc1cncc(C(=O)N2CCN(C(C)C)CC2)n1. The van der Waals surface area contributed by atoms with Gasteiger partial charge in [-0.15, -0.1) is 0 Å². The molecule has 1 fully saturated rings. The lowest BCUT2D eigenvalue weighted by Crippen LogP contribution is -2.50. The molecule has 1 amide bonds. The number of aromatic nitrogens is 2. The number of carbonyl (C=O) groups is 1. The quantitative estimate of drug-likeness (QED) is 0.892. The van der Waals surface area contributed by atoms with E-state index >= 15 is 0 Å². The van der Waals surface area contributed by atoms with Crippen LogP contribution in [0.4, 0.5) is 5.82 Å². The van der Waals surface area contributed by atoms with E-state index in [1.54, 1.807) is 6.20 Å². The second kappa shape index (κ2) is 6.65. The minimum Gasteiger partial charge on any atom is -0.369 e. The molecule has 1 aliphatic heterocycles. The summed E-state index contributed by atoms with van der Waals surface area (Å²) in [5, 5.41) is 3.08. The molecule has 0 spiro atoms. The summed E-state index contributed by atoms with van der Waals surface area (Å²) >= 11 is 0. The molecule has 0 radical (unpaired) electrons. The fraction of sp³-hybridized carbons (Fsp3) is 0.643. The monoisotopic (exact) mass is 277 g/mol. The third-order valence-corrected chi connectivity index (χ3v) is 3.54. The van der Waals surface area contributed by atoms with E-state index in [0.29, 0.717) is 17.6 Å². The van der Waals surface area contributed by atoms with Gasteiger partial charge in [0.1, 0.15) is 11.5 Å². The van der Waals surface area contributed by atoms with E-state index in [0.717, 1.165) is 32.7 Å². The molecular formula is C14H23N5O. The van der Waals surface area contributed by atoms with Crippen molar-refractivity contribution in [2.75, 3.05) is 38.0 Å². The number of carbonyl (C=O) groups excluding carboxylic acids is 1. The van der Waals surface area contributed by atoms with Crippen molar-refractivity contribution in [3.63, 3.8) is 0 Å². The van der Waals surface area contributed by atoms with Crippen LogP contribution in [-0.2, 0) is 0 Å². The number of hydrogen-bond donors (Lipinski definition) is 1. The van der Waals surface area contributed by atoms with Crippen LogP contribution in [0.1, 0.15) is 31.3 Å². The van der Waals surface area contributed by atoms with Crippen LogP contribution >= 0.6 is 0 Å². The van der Waals surface area contributed by atoms with Gasteiger partial charge in [0.15, 0.2) is 0 Å². The van der Waals surface area contributed by atoms with Gasteiger partial charge in [-0.25, -0.2) is 4.98 Å². The minimum absolute atomic E-state index is 0.0272. The molecular weight excluding hydrogens is 254 g/mol. The first-order valence-electron chi connectivity index (χ1n) is 7.21. The highest BCUT2D eigenvalue weighted by atomic mass is 16.2. The Morgan fingerprint density at radius 3 is 2.60 bits per heavy atom. The first kappa shape index (κ1) is 14.7. The zero-order chi connectivity index (χ0) is 14.5. The highest BCUT2D eigenvalue weighted by molar-refractivity contribution is 5.92. The summed E-state index contributed by atoms with van der Waals surface area (Å²) in [7, 11) is 0. The second-order valence-electron chi connectivity index (χ2n) is 5.24. The van der Waals surface area contributed by atoms with Crippen LogP contribution in [0.3, 0.4) is 0 Å². The van der Waals surface area contributed by atoms with Gasteiger partial charge >= 0.3 is 0 Å². The molecule has 0 aromatic carbocycles. The molecule has 20 heavy (non-hydrogen) atoms. The van der Waals surface area contributed by atoms with Gasteiger partial charge in [-0.05, 0) is 20.8 Å². The lowest BCUT2D eigenvalue weighted by molar-refractivity contribution is 0.0589. The molecule has 1 N–H and O–H groups in total. The molecule has 2 rings (SSSR count). The number of nitrogens with one attached hydrogen (secondary N) is 1.